The molecule has 0 amide bonds. The number of hydrogen-bond acceptors (Lipinski definition) is 1. The van der Waals surface area contributed by atoms with Crippen LogP contribution in [0.3, 0.4) is 0 Å². The summed E-state index contributed by atoms with van der Waals surface area (Å²) in [6.45, 7) is 5.21. The smallest absolute Gasteiger partial charge is 0.159 e. The van der Waals surface area contributed by atoms with Gasteiger partial charge in [0.25, 0.3) is 0 Å². The Kier molecular flexibility index (Phi) is 2.82. The van der Waals surface area contributed by atoms with Crippen LogP contribution in [0.15, 0.2) is 35.3 Å². The summed E-state index contributed by atoms with van der Waals surface area (Å²) in [4.78, 5) is 10.9. The summed E-state index contributed by atoms with van der Waals surface area (Å²) in [5.41, 5.74) is 1.42. The van der Waals surface area contributed by atoms with Crippen molar-refractivity contribution in [1.29, 1.82) is 0 Å². The fourth-order valence-corrected chi connectivity index (χ4v) is 1.28. The molecule has 0 heterocycles. The van der Waals surface area contributed by atoms with Gasteiger partial charge in [-0.15, -0.1) is 0 Å². The summed E-state index contributed by atoms with van der Waals surface area (Å²) in [5.74, 6) is 0.00750. The molecule has 0 bridgehead atoms. The molecule has 62 valence electrons. The van der Waals surface area contributed by atoms with Gasteiger partial charge in [-0.2, -0.15) is 0 Å². The van der Waals surface area contributed by atoms with Crippen molar-refractivity contribution < 1.29 is 4.79 Å². The molecular formula is C10H9BrO. The summed E-state index contributed by atoms with van der Waals surface area (Å²) in [5, 5.41) is 0. The van der Waals surface area contributed by atoms with E-state index in [2.05, 4.69) is 22.5 Å². The van der Waals surface area contributed by atoms with E-state index in [-0.39, 0.29) is 5.78 Å². The molecule has 0 saturated carbocycles. The lowest BCUT2D eigenvalue weighted by molar-refractivity contribution is -0.111. The summed E-state index contributed by atoms with van der Waals surface area (Å²) >= 11 is 3.33. The van der Waals surface area contributed by atoms with Crippen molar-refractivity contribution in [3.8, 4) is 0 Å². The molecule has 12 heavy (non-hydrogen) atoms. The fourth-order valence-electron chi connectivity index (χ4n) is 0.879. The highest BCUT2D eigenvalue weighted by Crippen LogP contribution is 2.18. The molecular weight excluding hydrogens is 216 g/mol. The van der Waals surface area contributed by atoms with Crippen molar-refractivity contribution in [3.63, 3.8) is 0 Å². The van der Waals surface area contributed by atoms with Crippen molar-refractivity contribution in [2.24, 2.45) is 0 Å². The molecule has 0 aromatic heterocycles. The maximum Gasteiger partial charge on any atom is 0.159 e. The quantitative estimate of drug-likeness (QED) is 0.707. The van der Waals surface area contributed by atoms with Gasteiger partial charge >= 0.3 is 0 Å². The van der Waals surface area contributed by atoms with Crippen molar-refractivity contribution in [3.05, 3.63) is 40.9 Å². The molecule has 0 fully saturated rings. The summed E-state index contributed by atoms with van der Waals surface area (Å²) in [7, 11) is 0. The molecule has 1 rings (SSSR count). The lowest BCUT2D eigenvalue weighted by Crippen LogP contribution is -1.93. The van der Waals surface area contributed by atoms with Gasteiger partial charge in [0.2, 0.25) is 0 Å². The monoisotopic (exact) mass is 224 g/mol. The maximum atomic E-state index is 10.9. The SMILES string of the molecule is C=C(C(C)=O)c1cccc(Br)c1. The number of Topliss-reactive ketones (excluding diaryl/α,β-unsaturated/α-hetero) is 1. The number of hydrogen-bond donors (Lipinski definition) is 0. The molecule has 1 nitrogen and oxygen atoms in total. The Labute approximate surface area is 80.2 Å². The third-order valence-electron chi connectivity index (χ3n) is 1.60. The van der Waals surface area contributed by atoms with Crippen LogP contribution < -0.4 is 0 Å². The molecule has 0 radical (unpaired) electrons. The first-order valence-electron chi connectivity index (χ1n) is 3.57. The van der Waals surface area contributed by atoms with Gasteiger partial charge in [0.1, 0.15) is 0 Å². The Bertz CT molecular complexity index is 328. The van der Waals surface area contributed by atoms with Crippen LogP contribution in [0.5, 0.6) is 0 Å². The van der Waals surface area contributed by atoms with Crippen molar-refractivity contribution >= 4 is 27.3 Å². The second-order valence-electron chi connectivity index (χ2n) is 2.55. The highest BCUT2D eigenvalue weighted by Gasteiger charge is 2.03. The van der Waals surface area contributed by atoms with Crippen molar-refractivity contribution in [2.75, 3.05) is 0 Å². The Hall–Kier alpha value is -0.890. The number of rotatable bonds is 2. The first-order valence-corrected chi connectivity index (χ1v) is 4.36. The normalized spacial score (nSPS) is 9.50. The van der Waals surface area contributed by atoms with Gasteiger partial charge in [-0.25, -0.2) is 0 Å². The van der Waals surface area contributed by atoms with Gasteiger partial charge in [-0.3, -0.25) is 4.79 Å². The summed E-state index contributed by atoms with van der Waals surface area (Å²) in [6, 6.07) is 7.54. The van der Waals surface area contributed by atoms with Crippen LogP contribution in [0.2, 0.25) is 0 Å². The van der Waals surface area contributed by atoms with Gasteiger partial charge in [0.05, 0.1) is 0 Å². The zero-order valence-corrected chi connectivity index (χ0v) is 8.39. The van der Waals surface area contributed by atoms with E-state index in [0.717, 1.165) is 10.0 Å². The van der Waals surface area contributed by atoms with Gasteiger partial charge < -0.3 is 0 Å². The van der Waals surface area contributed by atoms with Crippen LogP contribution in [0.1, 0.15) is 12.5 Å². The fraction of sp³-hybridized carbons (Fsp3) is 0.100. The number of carbonyl (C=O) groups excluding carboxylic acids is 1. The van der Waals surface area contributed by atoms with E-state index in [1.165, 1.54) is 6.92 Å². The number of benzene rings is 1. The van der Waals surface area contributed by atoms with E-state index >= 15 is 0 Å². The van der Waals surface area contributed by atoms with Crippen LogP contribution in [0, 0.1) is 0 Å². The zero-order valence-electron chi connectivity index (χ0n) is 6.80. The van der Waals surface area contributed by atoms with E-state index in [9.17, 15) is 4.79 Å². The molecule has 0 aliphatic heterocycles. The predicted molar refractivity (Wildman–Crippen MR) is 53.9 cm³/mol. The zero-order chi connectivity index (χ0) is 9.14. The predicted octanol–water partition coefficient (Wildman–Crippen LogP) is 3.05. The molecule has 0 saturated heterocycles. The molecule has 2 heteroatoms. The van der Waals surface area contributed by atoms with E-state index in [0.29, 0.717) is 5.57 Å². The van der Waals surface area contributed by atoms with E-state index in [4.69, 9.17) is 0 Å². The molecule has 0 atom stereocenters. The first-order chi connectivity index (χ1) is 5.61. The second kappa shape index (κ2) is 3.68. The number of allylic oxidation sites excluding steroid dienone is 1. The molecule has 0 N–H and O–H groups in total. The topological polar surface area (TPSA) is 17.1 Å². The van der Waals surface area contributed by atoms with Gasteiger partial charge in [0.15, 0.2) is 5.78 Å². The lowest BCUT2D eigenvalue weighted by Gasteiger charge is -2.00. The summed E-state index contributed by atoms with van der Waals surface area (Å²) < 4.78 is 0.961. The van der Waals surface area contributed by atoms with Crippen molar-refractivity contribution in [2.45, 2.75) is 6.92 Å². The molecule has 1 aromatic carbocycles. The van der Waals surface area contributed by atoms with Crippen molar-refractivity contribution in [1.82, 2.24) is 0 Å². The third-order valence-corrected chi connectivity index (χ3v) is 2.09. The first kappa shape index (κ1) is 9.20. The minimum atomic E-state index is 0.00750. The minimum Gasteiger partial charge on any atom is -0.295 e. The molecule has 1 aromatic rings. The van der Waals surface area contributed by atoms with Crippen LogP contribution in [-0.2, 0) is 4.79 Å². The average molecular weight is 225 g/mol. The third kappa shape index (κ3) is 2.05. The Morgan fingerprint density at radius 3 is 2.67 bits per heavy atom. The number of ketones is 1. The van der Waals surface area contributed by atoms with Crippen LogP contribution in [-0.4, -0.2) is 5.78 Å². The standard InChI is InChI=1S/C10H9BrO/c1-7(8(2)12)9-4-3-5-10(11)6-9/h3-6H,1H2,2H3. The minimum absolute atomic E-state index is 0.00750. The van der Waals surface area contributed by atoms with E-state index in [1.54, 1.807) is 0 Å². The number of halogens is 1. The molecule has 0 aliphatic rings. The largest absolute Gasteiger partial charge is 0.295 e. The lowest BCUT2D eigenvalue weighted by atomic mass is 10.1. The Morgan fingerprint density at radius 1 is 1.50 bits per heavy atom. The highest BCUT2D eigenvalue weighted by molar-refractivity contribution is 9.10. The van der Waals surface area contributed by atoms with Crippen LogP contribution >= 0.6 is 15.9 Å². The van der Waals surface area contributed by atoms with Crippen LogP contribution in [0.25, 0.3) is 5.57 Å². The number of carbonyl (C=O) groups is 1. The van der Waals surface area contributed by atoms with E-state index in [1.807, 2.05) is 24.3 Å². The van der Waals surface area contributed by atoms with Gasteiger partial charge in [-0.1, -0.05) is 34.6 Å². The highest BCUT2D eigenvalue weighted by atomic mass is 79.9. The Balaban J connectivity index is 3.04. The van der Waals surface area contributed by atoms with Gasteiger partial charge in [-0.05, 0) is 24.6 Å². The molecule has 0 spiro atoms. The average Bonchev–Trinajstić information content (AvgIpc) is 2.03. The Morgan fingerprint density at radius 2 is 2.17 bits per heavy atom. The maximum absolute atomic E-state index is 10.9. The van der Waals surface area contributed by atoms with E-state index < -0.39 is 0 Å². The molecule has 0 unspecified atom stereocenters. The second-order valence-corrected chi connectivity index (χ2v) is 3.46. The van der Waals surface area contributed by atoms with Crippen LogP contribution in [0.4, 0.5) is 0 Å². The van der Waals surface area contributed by atoms with Gasteiger partial charge in [0, 0.05) is 10.0 Å². The molecule has 0 aliphatic carbocycles. The summed E-state index contributed by atoms with van der Waals surface area (Å²) in [6.07, 6.45) is 0.